The van der Waals surface area contributed by atoms with E-state index in [1.807, 2.05) is 6.07 Å². The second-order valence-electron chi connectivity index (χ2n) is 4.95. The summed E-state index contributed by atoms with van der Waals surface area (Å²) < 4.78 is 5.15. The van der Waals surface area contributed by atoms with Gasteiger partial charge >= 0.3 is 11.9 Å². The van der Waals surface area contributed by atoms with Crippen LogP contribution in [0.15, 0.2) is 35.4 Å². The summed E-state index contributed by atoms with van der Waals surface area (Å²) in [6.45, 7) is -0.00229. The molecular weight excluding hydrogens is 274 g/mol. The highest BCUT2D eigenvalue weighted by Crippen LogP contribution is 2.42. The van der Waals surface area contributed by atoms with Crippen LogP contribution < -0.4 is 0 Å². The summed E-state index contributed by atoms with van der Waals surface area (Å²) in [6.07, 6.45) is 1.01. The van der Waals surface area contributed by atoms with Gasteiger partial charge in [0, 0.05) is 4.91 Å². The molecule has 0 aromatic heterocycles. The molecule has 2 atom stereocenters. The van der Waals surface area contributed by atoms with E-state index in [0.29, 0.717) is 12.8 Å². The summed E-state index contributed by atoms with van der Waals surface area (Å²) >= 11 is 0. The molecule has 2 rings (SSSR count). The summed E-state index contributed by atoms with van der Waals surface area (Å²) in [5, 5.41) is 12.9. The number of azide groups is 1. The van der Waals surface area contributed by atoms with Crippen molar-refractivity contribution in [2.45, 2.75) is 31.9 Å². The quantitative estimate of drug-likeness (QED) is 0.295. The normalized spacial score (nSPS) is 24.1. The molecule has 1 aromatic carbocycles. The molecule has 21 heavy (non-hydrogen) atoms. The topological polar surface area (TPSA) is 112 Å². The lowest BCUT2D eigenvalue weighted by Crippen LogP contribution is -2.45. The van der Waals surface area contributed by atoms with Crippen molar-refractivity contribution in [3.8, 4) is 0 Å². The average molecular weight is 289 g/mol. The highest BCUT2D eigenvalue weighted by atomic mass is 16.5. The second kappa shape index (κ2) is 6.28. The largest absolute Gasteiger partial charge is 0.480 e. The van der Waals surface area contributed by atoms with Gasteiger partial charge in [0.2, 0.25) is 0 Å². The smallest absolute Gasteiger partial charge is 0.324 e. The number of benzene rings is 1. The van der Waals surface area contributed by atoms with Gasteiger partial charge in [0.05, 0.1) is 6.04 Å². The lowest BCUT2D eigenvalue weighted by molar-refractivity contribution is -0.170. The molecule has 0 spiro atoms. The van der Waals surface area contributed by atoms with Crippen LogP contribution in [0, 0.1) is 5.41 Å². The zero-order valence-electron chi connectivity index (χ0n) is 11.3. The van der Waals surface area contributed by atoms with E-state index in [4.69, 9.17) is 10.3 Å². The zero-order chi connectivity index (χ0) is 15.3. The maximum absolute atomic E-state index is 12.3. The second-order valence-corrected chi connectivity index (χ2v) is 4.95. The number of hydrogen-bond acceptors (Lipinski definition) is 4. The van der Waals surface area contributed by atoms with Crippen molar-refractivity contribution in [3.05, 3.63) is 46.3 Å². The average Bonchev–Trinajstić information content (AvgIpc) is 2.91. The van der Waals surface area contributed by atoms with Gasteiger partial charge in [-0.05, 0) is 23.9 Å². The Morgan fingerprint density at radius 2 is 2.14 bits per heavy atom. The Balaban J connectivity index is 2.16. The van der Waals surface area contributed by atoms with Crippen LogP contribution in [0.4, 0.5) is 0 Å². The van der Waals surface area contributed by atoms with Gasteiger partial charge < -0.3 is 9.84 Å². The van der Waals surface area contributed by atoms with Crippen molar-refractivity contribution in [1.29, 1.82) is 0 Å². The van der Waals surface area contributed by atoms with Crippen LogP contribution in [-0.2, 0) is 20.9 Å². The van der Waals surface area contributed by atoms with Gasteiger partial charge in [-0.3, -0.25) is 9.59 Å². The summed E-state index contributed by atoms with van der Waals surface area (Å²) in [7, 11) is 0. The van der Waals surface area contributed by atoms with Crippen LogP contribution in [0.5, 0.6) is 0 Å². The number of rotatable bonds is 5. The molecule has 0 amide bonds. The number of hydrogen-bond donors (Lipinski definition) is 1. The lowest BCUT2D eigenvalue weighted by Gasteiger charge is -2.26. The summed E-state index contributed by atoms with van der Waals surface area (Å²) in [6, 6.07) is 8.09. The van der Waals surface area contributed by atoms with Crippen molar-refractivity contribution in [3.63, 3.8) is 0 Å². The fourth-order valence-electron chi connectivity index (χ4n) is 2.63. The number of carbonyl (C=O) groups excluding carboxylic acids is 1. The molecule has 7 nitrogen and oxygen atoms in total. The number of ether oxygens (including phenoxy) is 1. The molecule has 0 radical (unpaired) electrons. The Bertz CT molecular complexity index is 583. The minimum Gasteiger partial charge on any atom is -0.480 e. The van der Waals surface area contributed by atoms with Crippen molar-refractivity contribution in [2.24, 2.45) is 10.5 Å². The minimum absolute atomic E-state index is 0.00229. The van der Waals surface area contributed by atoms with Gasteiger partial charge in [0.25, 0.3) is 0 Å². The van der Waals surface area contributed by atoms with Crippen LogP contribution in [0.3, 0.4) is 0 Å². The number of carboxylic acids is 1. The Kier molecular flexibility index (Phi) is 4.45. The monoisotopic (exact) mass is 289 g/mol. The minimum atomic E-state index is -1.76. The molecule has 1 fully saturated rings. The first kappa shape index (κ1) is 14.9. The molecule has 1 unspecified atom stereocenters. The Morgan fingerprint density at radius 1 is 1.43 bits per heavy atom. The molecular formula is C14H15N3O4. The Hall–Kier alpha value is -2.53. The maximum Gasteiger partial charge on any atom is 0.324 e. The molecule has 0 heterocycles. The molecule has 1 aromatic rings. The first-order valence-corrected chi connectivity index (χ1v) is 6.60. The van der Waals surface area contributed by atoms with Gasteiger partial charge in [-0.15, -0.1) is 0 Å². The molecule has 0 saturated heterocycles. The van der Waals surface area contributed by atoms with Crippen molar-refractivity contribution >= 4 is 11.9 Å². The number of nitrogens with zero attached hydrogens (tertiary/aromatic N) is 3. The summed E-state index contributed by atoms with van der Waals surface area (Å²) in [5.74, 6) is -2.13. The molecule has 1 aliphatic rings. The van der Waals surface area contributed by atoms with Crippen molar-refractivity contribution < 1.29 is 19.4 Å². The van der Waals surface area contributed by atoms with E-state index in [9.17, 15) is 14.7 Å². The van der Waals surface area contributed by atoms with Gasteiger partial charge in [-0.25, -0.2) is 0 Å². The molecule has 1 aliphatic carbocycles. The highest BCUT2D eigenvalue weighted by molar-refractivity contribution is 6.00. The zero-order valence-corrected chi connectivity index (χ0v) is 11.3. The number of aliphatic carboxylic acids is 1. The molecule has 1 saturated carbocycles. The Morgan fingerprint density at radius 3 is 2.76 bits per heavy atom. The van der Waals surface area contributed by atoms with Crippen molar-refractivity contribution in [1.82, 2.24) is 0 Å². The van der Waals surface area contributed by atoms with E-state index in [0.717, 1.165) is 5.56 Å². The van der Waals surface area contributed by atoms with E-state index in [2.05, 4.69) is 10.0 Å². The van der Waals surface area contributed by atoms with Crippen LogP contribution in [0.25, 0.3) is 10.4 Å². The summed E-state index contributed by atoms with van der Waals surface area (Å²) in [5.41, 5.74) is 7.55. The lowest BCUT2D eigenvalue weighted by atomic mass is 9.83. The third kappa shape index (κ3) is 2.83. The van der Waals surface area contributed by atoms with Crippen LogP contribution in [-0.4, -0.2) is 23.1 Å². The van der Waals surface area contributed by atoms with Crippen LogP contribution in [0.2, 0.25) is 0 Å². The molecule has 110 valence electrons. The summed E-state index contributed by atoms with van der Waals surface area (Å²) in [4.78, 5) is 26.5. The number of carbonyl (C=O) groups is 2. The number of carboxylic acid groups (broad SMARTS) is 1. The molecule has 0 aliphatic heterocycles. The highest BCUT2D eigenvalue weighted by Gasteiger charge is 2.56. The van der Waals surface area contributed by atoms with Gasteiger partial charge in [-0.1, -0.05) is 41.9 Å². The van der Waals surface area contributed by atoms with Gasteiger partial charge in [0.1, 0.15) is 6.61 Å². The fourth-order valence-corrected chi connectivity index (χ4v) is 2.63. The van der Waals surface area contributed by atoms with E-state index in [1.54, 1.807) is 24.3 Å². The fraction of sp³-hybridized carbons (Fsp3) is 0.429. The van der Waals surface area contributed by atoms with Crippen molar-refractivity contribution in [2.75, 3.05) is 0 Å². The first-order chi connectivity index (χ1) is 10.1. The van der Waals surface area contributed by atoms with E-state index < -0.39 is 23.4 Å². The van der Waals surface area contributed by atoms with Crippen LogP contribution in [0.1, 0.15) is 24.8 Å². The third-order valence-electron chi connectivity index (χ3n) is 3.77. The molecule has 7 heteroatoms. The molecule has 1 N–H and O–H groups in total. The standard InChI is InChI=1S/C14H15N3O4/c15-17-16-11-7-4-8-14(11,12(18)19)13(20)21-9-10-5-2-1-3-6-10/h1-3,5-6,11H,4,7-9H2,(H,18,19)/t11-,14?/m0/s1. The first-order valence-electron chi connectivity index (χ1n) is 6.60. The molecule has 0 bridgehead atoms. The van der Waals surface area contributed by atoms with E-state index in [-0.39, 0.29) is 13.0 Å². The predicted molar refractivity (Wildman–Crippen MR) is 73.1 cm³/mol. The van der Waals surface area contributed by atoms with Gasteiger partial charge in [-0.2, -0.15) is 0 Å². The van der Waals surface area contributed by atoms with Gasteiger partial charge in [0.15, 0.2) is 5.41 Å². The Labute approximate surface area is 121 Å². The SMILES string of the molecule is [N-]=[N+]=N[C@H]1CCCC1(C(=O)O)C(=O)OCc1ccccc1. The van der Waals surface area contributed by atoms with E-state index >= 15 is 0 Å². The number of esters is 1. The van der Waals surface area contributed by atoms with Crippen LogP contribution >= 0.6 is 0 Å². The third-order valence-corrected chi connectivity index (χ3v) is 3.77. The maximum atomic E-state index is 12.3. The van der Waals surface area contributed by atoms with E-state index in [1.165, 1.54) is 0 Å². The predicted octanol–water partition coefficient (Wildman–Crippen LogP) is 2.66.